The van der Waals surface area contributed by atoms with Gasteiger partial charge in [0, 0.05) is 11.6 Å². The molecule has 1 fully saturated rings. The molecule has 126 valence electrons. The fourth-order valence-electron chi connectivity index (χ4n) is 2.53. The van der Waals surface area contributed by atoms with Gasteiger partial charge in [0.15, 0.2) is 6.61 Å². The highest BCUT2D eigenvalue weighted by Crippen LogP contribution is 2.31. The van der Waals surface area contributed by atoms with Gasteiger partial charge in [-0.2, -0.15) is 0 Å². The molecule has 0 aliphatic heterocycles. The topological polar surface area (TPSA) is 66.8 Å². The van der Waals surface area contributed by atoms with Crippen molar-refractivity contribution in [3.05, 3.63) is 28.8 Å². The fraction of sp³-hybridized carbons (Fsp3) is 0.500. The maximum Gasteiger partial charge on any atom is 0.341 e. The lowest BCUT2D eigenvalue weighted by Gasteiger charge is -2.23. The zero-order valence-electron chi connectivity index (χ0n) is 13.0. The summed E-state index contributed by atoms with van der Waals surface area (Å²) in [5.74, 6) is -1.12. The highest BCUT2D eigenvalue weighted by atomic mass is 19.3. The van der Waals surface area contributed by atoms with Gasteiger partial charge in [0.2, 0.25) is 0 Å². The third-order valence-electron chi connectivity index (χ3n) is 3.63. The van der Waals surface area contributed by atoms with Gasteiger partial charge in [-0.1, -0.05) is 0 Å². The van der Waals surface area contributed by atoms with E-state index < -0.39 is 31.5 Å². The number of amides is 1. The summed E-state index contributed by atoms with van der Waals surface area (Å²) in [6, 6.07) is 2.99. The summed E-state index contributed by atoms with van der Waals surface area (Å²) in [4.78, 5) is 24.3. The molecule has 0 unspecified atom stereocenters. The molecule has 1 aliphatic carbocycles. The first-order valence-corrected chi connectivity index (χ1v) is 7.34. The largest absolute Gasteiger partial charge is 0.481 e. The maximum absolute atomic E-state index is 12.7. The number of halogens is 2. The molecule has 1 N–H and O–H groups in total. The van der Waals surface area contributed by atoms with Crippen molar-refractivity contribution in [3.63, 3.8) is 0 Å². The number of carbonyl (C=O) groups is 2. The molecular formula is C16H19F2NO4. The van der Waals surface area contributed by atoms with Gasteiger partial charge in [0.1, 0.15) is 5.75 Å². The number of aryl methyl sites for hydroxylation is 2. The van der Waals surface area contributed by atoms with Crippen molar-refractivity contribution in [1.82, 2.24) is 4.90 Å². The van der Waals surface area contributed by atoms with Crippen LogP contribution in [-0.2, 0) is 4.79 Å². The molecule has 1 aliphatic rings. The second kappa shape index (κ2) is 6.93. The minimum absolute atomic E-state index is 0.111. The van der Waals surface area contributed by atoms with E-state index in [-0.39, 0.29) is 6.04 Å². The maximum atomic E-state index is 12.7. The number of aliphatic carboxylic acids is 1. The van der Waals surface area contributed by atoms with Crippen LogP contribution in [0.25, 0.3) is 0 Å². The van der Waals surface area contributed by atoms with Crippen LogP contribution in [0, 0.1) is 13.8 Å². The molecule has 0 atom stereocenters. The molecule has 0 saturated heterocycles. The average molecular weight is 327 g/mol. The number of carbonyl (C=O) groups excluding carboxylic acids is 1. The first kappa shape index (κ1) is 17.2. The number of carboxylic acid groups (broad SMARTS) is 1. The highest BCUT2D eigenvalue weighted by Gasteiger charge is 2.34. The Kier molecular flexibility index (Phi) is 5.18. The Bertz CT molecular complexity index is 591. The number of nitrogens with zero attached hydrogens (tertiary/aromatic N) is 1. The van der Waals surface area contributed by atoms with E-state index in [2.05, 4.69) is 0 Å². The quantitative estimate of drug-likeness (QED) is 0.836. The third-order valence-corrected chi connectivity index (χ3v) is 3.63. The lowest BCUT2D eigenvalue weighted by Crippen LogP contribution is -2.37. The van der Waals surface area contributed by atoms with Gasteiger partial charge in [-0.05, 0) is 49.9 Å². The summed E-state index contributed by atoms with van der Waals surface area (Å²) in [6.07, 6.45) is -1.08. The Morgan fingerprint density at radius 1 is 1.30 bits per heavy atom. The summed E-state index contributed by atoms with van der Waals surface area (Å²) in [7, 11) is 0. The average Bonchev–Trinajstić information content (AvgIpc) is 3.26. The fourth-order valence-corrected chi connectivity index (χ4v) is 2.53. The monoisotopic (exact) mass is 327 g/mol. The number of carboxylic acids is 1. The predicted octanol–water partition coefficient (Wildman–Crippen LogP) is 2.64. The Labute approximate surface area is 132 Å². The van der Waals surface area contributed by atoms with E-state index in [9.17, 15) is 18.4 Å². The van der Waals surface area contributed by atoms with Gasteiger partial charge in [0.05, 0.1) is 6.54 Å². The van der Waals surface area contributed by atoms with Crippen LogP contribution in [0.3, 0.4) is 0 Å². The number of benzene rings is 1. The summed E-state index contributed by atoms with van der Waals surface area (Å²) < 4.78 is 30.6. The molecule has 1 amide bonds. The van der Waals surface area contributed by atoms with Crippen molar-refractivity contribution < 1.29 is 28.2 Å². The van der Waals surface area contributed by atoms with E-state index >= 15 is 0 Å². The lowest BCUT2D eigenvalue weighted by molar-refractivity contribution is -0.139. The third kappa shape index (κ3) is 4.40. The van der Waals surface area contributed by atoms with Crippen molar-refractivity contribution in [2.45, 2.75) is 39.2 Å². The Morgan fingerprint density at radius 2 is 1.87 bits per heavy atom. The second-order valence-corrected chi connectivity index (χ2v) is 5.70. The molecule has 7 heteroatoms. The molecule has 5 nitrogen and oxygen atoms in total. The highest BCUT2D eigenvalue weighted by molar-refractivity contribution is 5.95. The minimum atomic E-state index is -2.57. The lowest BCUT2D eigenvalue weighted by atomic mass is 10.0. The van der Waals surface area contributed by atoms with Gasteiger partial charge < -0.3 is 14.7 Å². The molecule has 23 heavy (non-hydrogen) atoms. The van der Waals surface area contributed by atoms with Crippen molar-refractivity contribution >= 4 is 11.9 Å². The summed E-state index contributed by atoms with van der Waals surface area (Å²) in [6.45, 7) is 2.33. The molecule has 2 rings (SSSR count). The van der Waals surface area contributed by atoms with Gasteiger partial charge >= 0.3 is 5.97 Å². The van der Waals surface area contributed by atoms with Crippen LogP contribution in [0.15, 0.2) is 12.1 Å². The number of ether oxygens (including phenoxy) is 1. The Morgan fingerprint density at radius 3 is 2.30 bits per heavy atom. The molecule has 1 aromatic rings. The number of rotatable bonds is 7. The molecule has 0 aromatic heterocycles. The zero-order valence-corrected chi connectivity index (χ0v) is 13.0. The van der Waals surface area contributed by atoms with Crippen LogP contribution in [0.5, 0.6) is 5.75 Å². The normalized spacial score (nSPS) is 14.0. The SMILES string of the molecule is Cc1cc(C(=O)N(CC(F)F)C2CC2)cc(C)c1OCC(=O)O. The van der Waals surface area contributed by atoms with Gasteiger partial charge in [0.25, 0.3) is 12.3 Å². The van der Waals surface area contributed by atoms with E-state index in [0.717, 1.165) is 12.8 Å². The molecule has 0 spiro atoms. The Balaban J connectivity index is 2.22. The van der Waals surface area contributed by atoms with Gasteiger partial charge in [-0.3, -0.25) is 4.79 Å². The van der Waals surface area contributed by atoms with Gasteiger partial charge in [-0.25, -0.2) is 13.6 Å². The standard InChI is InChI=1S/C16H19F2NO4/c1-9-5-11(6-10(2)15(9)23-8-14(20)21)16(22)19(7-13(17)18)12-3-4-12/h5-6,12-13H,3-4,7-8H2,1-2H3,(H,20,21). The minimum Gasteiger partial charge on any atom is -0.481 e. The van der Waals surface area contributed by atoms with E-state index in [1.165, 1.54) is 4.90 Å². The van der Waals surface area contributed by atoms with Crippen molar-refractivity contribution in [1.29, 1.82) is 0 Å². The van der Waals surface area contributed by atoms with E-state index in [4.69, 9.17) is 9.84 Å². The Hall–Kier alpha value is -2.18. The molecule has 0 heterocycles. The van der Waals surface area contributed by atoms with E-state index in [1.807, 2.05) is 0 Å². The van der Waals surface area contributed by atoms with Crippen LogP contribution < -0.4 is 4.74 Å². The van der Waals surface area contributed by atoms with Crippen LogP contribution in [0.1, 0.15) is 34.3 Å². The van der Waals surface area contributed by atoms with E-state index in [0.29, 0.717) is 22.4 Å². The molecule has 0 bridgehead atoms. The summed E-state index contributed by atoms with van der Waals surface area (Å²) in [5, 5.41) is 8.67. The first-order valence-electron chi connectivity index (χ1n) is 7.34. The second-order valence-electron chi connectivity index (χ2n) is 5.70. The van der Waals surface area contributed by atoms with Crippen molar-refractivity contribution in [3.8, 4) is 5.75 Å². The van der Waals surface area contributed by atoms with E-state index in [1.54, 1.807) is 26.0 Å². The molecule has 0 radical (unpaired) electrons. The zero-order chi connectivity index (χ0) is 17.1. The summed E-state index contributed by atoms with van der Waals surface area (Å²) >= 11 is 0. The summed E-state index contributed by atoms with van der Waals surface area (Å²) in [5.41, 5.74) is 1.51. The number of alkyl halides is 2. The molecular weight excluding hydrogens is 308 g/mol. The van der Waals surface area contributed by atoms with Crippen LogP contribution in [-0.4, -0.2) is 47.5 Å². The molecule has 1 aromatic carbocycles. The van der Waals surface area contributed by atoms with Crippen molar-refractivity contribution in [2.24, 2.45) is 0 Å². The van der Waals surface area contributed by atoms with Crippen LogP contribution in [0.2, 0.25) is 0 Å². The molecule has 1 saturated carbocycles. The number of hydrogen-bond donors (Lipinski definition) is 1. The van der Waals surface area contributed by atoms with Crippen molar-refractivity contribution in [2.75, 3.05) is 13.2 Å². The number of hydrogen-bond acceptors (Lipinski definition) is 3. The van der Waals surface area contributed by atoms with Crippen LogP contribution in [0.4, 0.5) is 8.78 Å². The van der Waals surface area contributed by atoms with Gasteiger partial charge in [-0.15, -0.1) is 0 Å². The predicted molar refractivity (Wildman–Crippen MR) is 79.1 cm³/mol. The smallest absolute Gasteiger partial charge is 0.341 e. The van der Waals surface area contributed by atoms with Crippen LogP contribution >= 0.6 is 0 Å². The first-order chi connectivity index (χ1) is 10.8.